The number of anilines is 3. The van der Waals surface area contributed by atoms with Crippen LogP contribution in [0.1, 0.15) is 11.1 Å². The first kappa shape index (κ1) is 15.7. The maximum atomic E-state index is 12.6. The van der Waals surface area contributed by atoms with Crippen LogP contribution in [0.2, 0.25) is 0 Å². The molecule has 0 spiro atoms. The Morgan fingerprint density at radius 1 is 1.09 bits per heavy atom. The minimum Gasteiger partial charge on any atom is -0.399 e. The zero-order valence-electron chi connectivity index (χ0n) is 11.4. The van der Waals surface area contributed by atoms with E-state index in [2.05, 4.69) is 5.32 Å². The third-order valence-corrected chi connectivity index (χ3v) is 2.99. The molecular formula is C15H14F3N3O. The van der Waals surface area contributed by atoms with Crippen molar-refractivity contribution < 1.29 is 18.0 Å². The van der Waals surface area contributed by atoms with E-state index in [1.807, 2.05) is 0 Å². The topological polar surface area (TPSA) is 81.1 Å². The Morgan fingerprint density at radius 2 is 1.82 bits per heavy atom. The fourth-order valence-corrected chi connectivity index (χ4v) is 1.93. The number of nitrogen functional groups attached to an aromatic ring is 2. The number of rotatable bonds is 3. The highest BCUT2D eigenvalue weighted by molar-refractivity contribution is 5.93. The van der Waals surface area contributed by atoms with Crippen molar-refractivity contribution in [3.8, 4) is 0 Å². The Labute approximate surface area is 124 Å². The maximum absolute atomic E-state index is 12.6. The van der Waals surface area contributed by atoms with E-state index in [-0.39, 0.29) is 12.1 Å². The second-order valence-electron chi connectivity index (χ2n) is 4.76. The van der Waals surface area contributed by atoms with Gasteiger partial charge >= 0.3 is 6.18 Å². The van der Waals surface area contributed by atoms with Gasteiger partial charge < -0.3 is 16.8 Å². The molecule has 1 amide bonds. The fourth-order valence-electron chi connectivity index (χ4n) is 1.93. The normalized spacial score (nSPS) is 11.2. The van der Waals surface area contributed by atoms with Crippen molar-refractivity contribution in [1.29, 1.82) is 0 Å². The number of carbonyl (C=O) groups excluding carboxylic acids is 1. The molecule has 0 bridgehead atoms. The number of benzene rings is 2. The van der Waals surface area contributed by atoms with Gasteiger partial charge in [-0.25, -0.2) is 0 Å². The van der Waals surface area contributed by atoms with Gasteiger partial charge in [0.2, 0.25) is 5.91 Å². The van der Waals surface area contributed by atoms with Gasteiger partial charge in [-0.05, 0) is 35.9 Å². The van der Waals surface area contributed by atoms with E-state index >= 15 is 0 Å². The molecule has 0 aliphatic carbocycles. The molecule has 0 heterocycles. The molecule has 0 aliphatic heterocycles. The fraction of sp³-hybridized carbons (Fsp3) is 0.133. The lowest BCUT2D eigenvalue weighted by atomic mass is 10.1. The van der Waals surface area contributed by atoms with Gasteiger partial charge in [-0.1, -0.05) is 12.1 Å². The van der Waals surface area contributed by atoms with Crippen LogP contribution < -0.4 is 16.8 Å². The minimum atomic E-state index is -4.46. The monoisotopic (exact) mass is 309 g/mol. The standard InChI is InChI=1S/C15H14F3N3O/c16-15(17,18)10-2-1-3-12(7-10)21-14(22)6-9-4-5-11(19)8-13(9)20/h1-5,7-8H,6,19-20H2,(H,21,22). The number of alkyl halides is 3. The third kappa shape index (κ3) is 3.91. The van der Waals surface area contributed by atoms with Crippen molar-refractivity contribution in [3.63, 3.8) is 0 Å². The summed E-state index contributed by atoms with van der Waals surface area (Å²) in [7, 11) is 0. The Morgan fingerprint density at radius 3 is 2.45 bits per heavy atom. The van der Waals surface area contributed by atoms with Gasteiger partial charge in [0.25, 0.3) is 0 Å². The van der Waals surface area contributed by atoms with Crippen LogP contribution in [0.25, 0.3) is 0 Å². The largest absolute Gasteiger partial charge is 0.416 e. The lowest BCUT2D eigenvalue weighted by Crippen LogP contribution is -2.16. The number of carbonyl (C=O) groups is 1. The van der Waals surface area contributed by atoms with Gasteiger partial charge in [0.05, 0.1) is 12.0 Å². The molecule has 2 rings (SSSR count). The molecule has 0 fully saturated rings. The second kappa shape index (κ2) is 5.97. The van der Waals surface area contributed by atoms with Crippen molar-refractivity contribution in [1.82, 2.24) is 0 Å². The van der Waals surface area contributed by atoms with E-state index in [1.165, 1.54) is 18.2 Å². The Hall–Kier alpha value is -2.70. The quantitative estimate of drug-likeness (QED) is 0.762. The first-order valence-electron chi connectivity index (χ1n) is 6.36. The van der Waals surface area contributed by atoms with Crippen LogP contribution in [-0.4, -0.2) is 5.91 Å². The van der Waals surface area contributed by atoms with Crippen LogP contribution in [0.4, 0.5) is 30.2 Å². The molecule has 22 heavy (non-hydrogen) atoms. The Balaban J connectivity index is 2.09. The van der Waals surface area contributed by atoms with Crippen LogP contribution in [0, 0.1) is 0 Å². The van der Waals surface area contributed by atoms with Crippen molar-refractivity contribution in [2.75, 3.05) is 16.8 Å². The molecule has 116 valence electrons. The molecule has 4 nitrogen and oxygen atoms in total. The van der Waals surface area contributed by atoms with E-state index < -0.39 is 17.6 Å². The summed E-state index contributed by atoms with van der Waals surface area (Å²) in [4.78, 5) is 11.9. The van der Waals surface area contributed by atoms with Crippen molar-refractivity contribution in [3.05, 3.63) is 53.6 Å². The minimum absolute atomic E-state index is 0.0532. The van der Waals surface area contributed by atoms with Crippen molar-refractivity contribution in [2.45, 2.75) is 12.6 Å². The average molecular weight is 309 g/mol. The van der Waals surface area contributed by atoms with E-state index in [0.29, 0.717) is 16.9 Å². The first-order chi connectivity index (χ1) is 10.3. The molecule has 0 radical (unpaired) electrons. The number of hydrogen-bond acceptors (Lipinski definition) is 3. The molecule has 2 aromatic rings. The molecule has 5 N–H and O–H groups in total. The lowest BCUT2D eigenvalue weighted by Gasteiger charge is -2.10. The highest BCUT2D eigenvalue weighted by Crippen LogP contribution is 2.30. The van der Waals surface area contributed by atoms with Crippen LogP contribution in [0.15, 0.2) is 42.5 Å². The molecule has 0 saturated carbocycles. The third-order valence-electron chi connectivity index (χ3n) is 2.99. The van der Waals surface area contributed by atoms with Gasteiger partial charge in [0.1, 0.15) is 0 Å². The summed E-state index contributed by atoms with van der Waals surface area (Å²) >= 11 is 0. The van der Waals surface area contributed by atoms with E-state index in [1.54, 1.807) is 12.1 Å². The smallest absolute Gasteiger partial charge is 0.399 e. The van der Waals surface area contributed by atoms with Crippen LogP contribution >= 0.6 is 0 Å². The summed E-state index contributed by atoms with van der Waals surface area (Å²) in [6.45, 7) is 0. The summed E-state index contributed by atoms with van der Waals surface area (Å²) in [5.74, 6) is -0.462. The molecule has 0 aliphatic rings. The number of nitrogens with two attached hydrogens (primary N) is 2. The molecule has 0 atom stereocenters. The zero-order chi connectivity index (χ0) is 16.3. The average Bonchev–Trinajstić information content (AvgIpc) is 2.41. The van der Waals surface area contributed by atoms with Gasteiger partial charge in [0, 0.05) is 17.1 Å². The molecule has 0 aromatic heterocycles. The molecule has 0 unspecified atom stereocenters. The first-order valence-corrected chi connectivity index (χ1v) is 6.36. The molecule has 2 aromatic carbocycles. The van der Waals surface area contributed by atoms with Gasteiger partial charge in [0.15, 0.2) is 0 Å². The van der Waals surface area contributed by atoms with Crippen molar-refractivity contribution >= 4 is 23.0 Å². The summed E-state index contributed by atoms with van der Waals surface area (Å²) in [5, 5.41) is 2.42. The van der Waals surface area contributed by atoms with E-state index in [0.717, 1.165) is 12.1 Å². The highest BCUT2D eigenvalue weighted by Gasteiger charge is 2.30. The highest BCUT2D eigenvalue weighted by atomic mass is 19.4. The van der Waals surface area contributed by atoms with Gasteiger partial charge in [-0.15, -0.1) is 0 Å². The summed E-state index contributed by atoms with van der Waals surface area (Å²) < 4.78 is 37.8. The second-order valence-corrected chi connectivity index (χ2v) is 4.76. The van der Waals surface area contributed by atoms with E-state index in [4.69, 9.17) is 11.5 Å². The van der Waals surface area contributed by atoms with Gasteiger partial charge in [-0.2, -0.15) is 13.2 Å². The van der Waals surface area contributed by atoms with Crippen LogP contribution in [0.3, 0.4) is 0 Å². The molecule has 7 heteroatoms. The van der Waals surface area contributed by atoms with Crippen LogP contribution in [-0.2, 0) is 17.4 Å². The SMILES string of the molecule is Nc1ccc(CC(=O)Nc2cccc(C(F)(F)F)c2)c(N)c1. The van der Waals surface area contributed by atoms with E-state index in [9.17, 15) is 18.0 Å². The number of nitrogens with one attached hydrogen (secondary N) is 1. The molecular weight excluding hydrogens is 295 g/mol. The predicted molar refractivity (Wildman–Crippen MR) is 79.0 cm³/mol. The summed E-state index contributed by atoms with van der Waals surface area (Å²) in [6, 6.07) is 9.17. The van der Waals surface area contributed by atoms with Crippen LogP contribution in [0.5, 0.6) is 0 Å². The number of halogens is 3. The number of amides is 1. The van der Waals surface area contributed by atoms with Gasteiger partial charge in [-0.3, -0.25) is 4.79 Å². The van der Waals surface area contributed by atoms with Crippen molar-refractivity contribution in [2.24, 2.45) is 0 Å². The lowest BCUT2D eigenvalue weighted by molar-refractivity contribution is -0.137. The summed E-state index contributed by atoms with van der Waals surface area (Å²) in [5.41, 5.74) is 11.9. The zero-order valence-corrected chi connectivity index (χ0v) is 11.4. The predicted octanol–water partition coefficient (Wildman–Crippen LogP) is 3.05. The maximum Gasteiger partial charge on any atom is 0.416 e. The molecule has 0 saturated heterocycles. The Bertz CT molecular complexity index is 699. The number of hydrogen-bond donors (Lipinski definition) is 3. The Kier molecular flexibility index (Phi) is 4.25. The summed E-state index contributed by atoms with van der Waals surface area (Å²) in [6.07, 6.45) is -4.51.